The molecule has 6 heteroatoms. The summed E-state index contributed by atoms with van der Waals surface area (Å²) in [5.74, 6) is -1.24. The van der Waals surface area contributed by atoms with Gasteiger partial charge in [0.05, 0.1) is 0 Å². The Kier molecular flexibility index (Phi) is 1.59. The molecule has 0 aromatic heterocycles. The van der Waals surface area contributed by atoms with Crippen LogP contribution in [-0.4, -0.2) is 57.9 Å². The van der Waals surface area contributed by atoms with E-state index in [1.165, 1.54) is 0 Å². The van der Waals surface area contributed by atoms with Crippen LogP contribution in [0.5, 0.6) is 0 Å². The van der Waals surface area contributed by atoms with E-state index in [1.807, 2.05) is 0 Å². The molecule has 0 aromatic carbocycles. The van der Waals surface area contributed by atoms with Gasteiger partial charge in [0.2, 0.25) is 0 Å². The van der Waals surface area contributed by atoms with E-state index in [9.17, 15) is 15.3 Å². The predicted octanol–water partition coefficient (Wildman–Crippen LogP) is -2.06. The van der Waals surface area contributed by atoms with Gasteiger partial charge in [-0.15, -0.1) is 0 Å². The van der Waals surface area contributed by atoms with Gasteiger partial charge in [-0.2, -0.15) is 0 Å². The van der Waals surface area contributed by atoms with Gasteiger partial charge in [-0.3, -0.25) is 0 Å². The third kappa shape index (κ3) is 0.906. The molecule has 3 saturated heterocycles. The van der Waals surface area contributed by atoms with Crippen LogP contribution in [0.25, 0.3) is 0 Å². The number of hydrogen-bond donors (Lipinski definition) is 3. The fourth-order valence-electron chi connectivity index (χ4n) is 2.41. The van der Waals surface area contributed by atoms with Crippen molar-refractivity contribution in [3.63, 3.8) is 0 Å². The van der Waals surface area contributed by atoms with Crippen LogP contribution in [-0.2, 0) is 14.2 Å². The summed E-state index contributed by atoms with van der Waals surface area (Å²) in [6.45, 7) is 1.56. The van der Waals surface area contributed by atoms with E-state index < -0.39 is 42.6 Å². The molecule has 4 fully saturated rings. The Morgan fingerprint density at radius 3 is 1.36 bits per heavy atom. The highest BCUT2D eigenvalue weighted by Crippen LogP contribution is 2.44. The summed E-state index contributed by atoms with van der Waals surface area (Å²) in [4.78, 5) is 0. The summed E-state index contributed by atoms with van der Waals surface area (Å²) in [6.07, 6.45) is -5.22. The zero-order chi connectivity index (χ0) is 10.1. The van der Waals surface area contributed by atoms with E-state index in [4.69, 9.17) is 14.2 Å². The summed E-state index contributed by atoms with van der Waals surface area (Å²) in [5, 5.41) is 29.0. The van der Waals surface area contributed by atoms with E-state index in [0.717, 1.165) is 0 Å². The Balaban J connectivity index is 2.00. The maximum Gasteiger partial charge on any atom is 0.281 e. The fourth-order valence-corrected chi connectivity index (χ4v) is 2.41. The molecule has 3 aliphatic heterocycles. The van der Waals surface area contributed by atoms with Crippen molar-refractivity contribution in [1.82, 2.24) is 0 Å². The standard InChI is InChI=1S/C8H12O6/c1-8-12-5-2(9)6(13-8)4(11)7(14-8)3(5)10/h2-7,9-11H,1H3. The number of ether oxygens (including phenoxy) is 3. The predicted molar refractivity (Wildman–Crippen MR) is 41.0 cm³/mol. The first-order valence-electron chi connectivity index (χ1n) is 4.59. The maximum absolute atomic E-state index is 9.66. The zero-order valence-corrected chi connectivity index (χ0v) is 7.53. The molecule has 0 atom stereocenters. The first-order chi connectivity index (χ1) is 6.52. The highest BCUT2D eigenvalue weighted by Gasteiger charge is 2.65. The van der Waals surface area contributed by atoms with Crippen LogP contribution in [0.2, 0.25) is 0 Å². The van der Waals surface area contributed by atoms with Crippen LogP contribution in [0.1, 0.15) is 6.92 Å². The molecule has 4 aliphatic rings. The third-order valence-electron chi connectivity index (χ3n) is 3.07. The second-order valence-corrected chi connectivity index (χ2v) is 4.08. The highest BCUT2D eigenvalue weighted by atomic mass is 16.9. The van der Waals surface area contributed by atoms with Crippen LogP contribution < -0.4 is 0 Å². The first-order valence-corrected chi connectivity index (χ1v) is 4.59. The van der Waals surface area contributed by atoms with Gasteiger partial charge in [-0.1, -0.05) is 0 Å². The molecular formula is C8H12O6. The molecule has 0 amide bonds. The van der Waals surface area contributed by atoms with Crippen LogP contribution in [0.15, 0.2) is 0 Å². The van der Waals surface area contributed by atoms with Crippen LogP contribution >= 0.6 is 0 Å². The molecular weight excluding hydrogens is 192 g/mol. The van der Waals surface area contributed by atoms with Crippen molar-refractivity contribution in [2.75, 3.05) is 0 Å². The molecule has 3 heterocycles. The van der Waals surface area contributed by atoms with Crippen molar-refractivity contribution in [2.24, 2.45) is 0 Å². The summed E-state index contributed by atoms with van der Waals surface area (Å²) in [7, 11) is 0. The number of aliphatic hydroxyl groups excluding tert-OH is 3. The second kappa shape index (κ2) is 2.46. The summed E-state index contributed by atoms with van der Waals surface area (Å²) >= 11 is 0. The zero-order valence-electron chi connectivity index (χ0n) is 7.53. The minimum absolute atomic E-state index is 0.735. The van der Waals surface area contributed by atoms with E-state index in [1.54, 1.807) is 6.92 Å². The largest absolute Gasteiger partial charge is 0.387 e. The number of hydrogen-bond acceptors (Lipinski definition) is 6. The Morgan fingerprint density at radius 2 is 1.07 bits per heavy atom. The maximum atomic E-state index is 9.66. The van der Waals surface area contributed by atoms with Gasteiger partial charge in [-0.25, -0.2) is 0 Å². The molecule has 4 rings (SSSR count). The lowest BCUT2D eigenvalue weighted by molar-refractivity contribution is -0.531. The molecule has 3 N–H and O–H groups in total. The van der Waals surface area contributed by atoms with Crippen molar-refractivity contribution >= 4 is 0 Å². The molecule has 1 aliphatic carbocycles. The molecule has 0 spiro atoms. The van der Waals surface area contributed by atoms with Gasteiger partial charge in [0.1, 0.15) is 36.6 Å². The number of aliphatic hydroxyl groups is 3. The van der Waals surface area contributed by atoms with Gasteiger partial charge in [0.15, 0.2) is 0 Å². The molecule has 80 valence electrons. The smallest absolute Gasteiger partial charge is 0.281 e. The van der Waals surface area contributed by atoms with Crippen molar-refractivity contribution in [3.8, 4) is 0 Å². The minimum Gasteiger partial charge on any atom is -0.387 e. The van der Waals surface area contributed by atoms with E-state index in [0.29, 0.717) is 0 Å². The lowest BCUT2D eigenvalue weighted by Gasteiger charge is -2.59. The third-order valence-corrected chi connectivity index (χ3v) is 3.07. The van der Waals surface area contributed by atoms with Gasteiger partial charge in [-0.05, 0) is 0 Å². The molecule has 0 radical (unpaired) electrons. The van der Waals surface area contributed by atoms with Crippen LogP contribution in [0.4, 0.5) is 0 Å². The van der Waals surface area contributed by atoms with Crippen molar-refractivity contribution < 1.29 is 29.5 Å². The topological polar surface area (TPSA) is 88.4 Å². The fraction of sp³-hybridized carbons (Fsp3) is 1.00. The van der Waals surface area contributed by atoms with E-state index in [2.05, 4.69) is 0 Å². The molecule has 14 heavy (non-hydrogen) atoms. The van der Waals surface area contributed by atoms with Gasteiger partial charge in [0, 0.05) is 6.92 Å². The molecule has 6 nitrogen and oxygen atoms in total. The van der Waals surface area contributed by atoms with Gasteiger partial charge < -0.3 is 29.5 Å². The lowest BCUT2D eigenvalue weighted by atomic mass is 9.82. The Labute approximate surface area is 80.0 Å². The number of rotatable bonds is 0. The Hall–Kier alpha value is -0.240. The SMILES string of the molecule is CC12OC3C(O)C(O1)C(O)C(O2)C3O. The summed E-state index contributed by atoms with van der Waals surface area (Å²) in [6, 6.07) is 0. The first kappa shape index (κ1) is 9.02. The van der Waals surface area contributed by atoms with Gasteiger partial charge in [0.25, 0.3) is 5.97 Å². The highest BCUT2D eigenvalue weighted by molar-refractivity contribution is 5.06. The normalized spacial score (nSPS) is 66.0. The monoisotopic (exact) mass is 204 g/mol. The minimum atomic E-state index is -1.24. The van der Waals surface area contributed by atoms with E-state index >= 15 is 0 Å². The Morgan fingerprint density at radius 1 is 0.786 bits per heavy atom. The van der Waals surface area contributed by atoms with Crippen molar-refractivity contribution in [3.05, 3.63) is 0 Å². The quantitative estimate of drug-likeness (QED) is 0.420. The van der Waals surface area contributed by atoms with Crippen molar-refractivity contribution in [1.29, 1.82) is 0 Å². The molecule has 0 unspecified atom stereocenters. The van der Waals surface area contributed by atoms with Crippen LogP contribution in [0.3, 0.4) is 0 Å². The molecule has 4 bridgehead atoms. The summed E-state index contributed by atoms with van der Waals surface area (Å²) < 4.78 is 15.7. The lowest BCUT2D eigenvalue weighted by Crippen LogP contribution is -2.78. The molecule has 0 aromatic rings. The molecule has 1 saturated carbocycles. The average Bonchev–Trinajstić information content (AvgIpc) is 2.14. The average molecular weight is 204 g/mol. The van der Waals surface area contributed by atoms with Crippen LogP contribution in [0, 0.1) is 0 Å². The van der Waals surface area contributed by atoms with Gasteiger partial charge >= 0.3 is 0 Å². The summed E-state index contributed by atoms with van der Waals surface area (Å²) in [5.41, 5.74) is 0. The second-order valence-electron chi connectivity index (χ2n) is 4.08. The van der Waals surface area contributed by atoms with Crippen molar-refractivity contribution in [2.45, 2.75) is 49.5 Å². The van der Waals surface area contributed by atoms with E-state index in [-0.39, 0.29) is 0 Å². The Bertz CT molecular complexity index is 216.